The first-order valence-electron chi connectivity index (χ1n) is 17.9. The second-order valence-corrected chi connectivity index (χ2v) is 13.8. The molecule has 0 amide bonds. The minimum absolute atomic E-state index is 0.0146. The summed E-state index contributed by atoms with van der Waals surface area (Å²) in [6, 6.07) is 35.4. The molecule has 0 unspecified atom stereocenters. The zero-order valence-corrected chi connectivity index (χ0v) is 29.8. The topological polar surface area (TPSA) is 77.4 Å². The van der Waals surface area contributed by atoms with Gasteiger partial charge in [0, 0.05) is 23.0 Å². The average molecular weight is 693 g/mol. The number of ether oxygens (including phenoxy) is 4. The number of aliphatic hydroxyl groups excluding tert-OH is 2. The van der Waals surface area contributed by atoms with E-state index in [0.29, 0.717) is 23.0 Å². The van der Waals surface area contributed by atoms with Gasteiger partial charge < -0.3 is 29.2 Å². The van der Waals surface area contributed by atoms with Gasteiger partial charge in [0.15, 0.2) is 0 Å². The first-order chi connectivity index (χ1) is 25.2. The summed E-state index contributed by atoms with van der Waals surface area (Å²) in [5, 5.41) is 23.2. The molecule has 3 aliphatic rings. The average Bonchev–Trinajstić information content (AvgIpc) is 3.16. The largest absolute Gasteiger partial charge is 0.490 e. The molecule has 0 aromatic heterocycles. The number of hydrogen-bond acceptors (Lipinski definition) is 6. The fourth-order valence-corrected chi connectivity index (χ4v) is 6.66. The smallest absolute Gasteiger partial charge is 0.138 e. The molecule has 1 aliphatic carbocycles. The number of allylic oxidation sites excluding steroid dienone is 6. The lowest BCUT2D eigenvalue weighted by atomic mass is 9.67. The minimum Gasteiger partial charge on any atom is -0.490 e. The molecular formula is C46H44O6. The van der Waals surface area contributed by atoms with Gasteiger partial charge in [0.1, 0.15) is 34.5 Å². The zero-order valence-electron chi connectivity index (χ0n) is 29.8. The summed E-state index contributed by atoms with van der Waals surface area (Å²) >= 11 is 0. The second-order valence-electron chi connectivity index (χ2n) is 13.8. The maximum absolute atomic E-state index is 11.6. The van der Waals surface area contributed by atoms with Gasteiger partial charge in [-0.25, -0.2) is 0 Å². The summed E-state index contributed by atoms with van der Waals surface area (Å²) in [5.74, 6) is 3.05. The van der Waals surface area contributed by atoms with Gasteiger partial charge in [-0.05, 0) is 87.4 Å². The Morgan fingerprint density at radius 2 is 0.827 bits per heavy atom. The van der Waals surface area contributed by atoms with Crippen LogP contribution in [0.25, 0.3) is 23.0 Å². The third-order valence-corrected chi connectivity index (χ3v) is 9.13. The zero-order chi connectivity index (χ0) is 36.2. The van der Waals surface area contributed by atoms with Crippen LogP contribution in [0.4, 0.5) is 0 Å². The Balaban J connectivity index is 1.22. The Hall–Kier alpha value is -5.56. The normalized spacial score (nSPS) is 22.8. The van der Waals surface area contributed by atoms with Crippen molar-refractivity contribution < 1.29 is 29.2 Å². The minimum atomic E-state index is -0.815. The molecule has 0 spiro atoms. The van der Waals surface area contributed by atoms with E-state index in [-0.39, 0.29) is 12.2 Å². The number of hydrogen-bond donors (Lipinski definition) is 2. The van der Waals surface area contributed by atoms with Crippen LogP contribution in [0.5, 0.6) is 11.5 Å². The SMILES string of the molecule is CC(C)Oc1ccccc1C1=C/C(=C/C2C(O)C(/C=C3\C=C(c4ccccc4)OC(c4ccccc4OC(C)C)=C3)C2O)C=C(c2ccccc2)O1. The molecule has 0 bridgehead atoms. The van der Waals surface area contributed by atoms with Crippen molar-refractivity contribution in [3.05, 3.63) is 179 Å². The Kier molecular flexibility index (Phi) is 10.3. The van der Waals surface area contributed by atoms with Gasteiger partial charge in [0.05, 0.1) is 35.5 Å². The third-order valence-electron chi connectivity index (χ3n) is 9.13. The Bertz CT molecular complexity index is 1920. The van der Waals surface area contributed by atoms with Gasteiger partial charge in [-0.15, -0.1) is 0 Å². The number of para-hydroxylation sites is 2. The fourth-order valence-electron chi connectivity index (χ4n) is 6.66. The molecule has 1 saturated carbocycles. The van der Waals surface area contributed by atoms with E-state index in [1.807, 2.05) is 173 Å². The van der Waals surface area contributed by atoms with Gasteiger partial charge >= 0.3 is 0 Å². The highest BCUT2D eigenvalue weighted by Gasteiger charge is 2.46. The van der Waals surface area contributed by atoms with E-state index in [0.717, 1.165) is 44.9 Å². The molecule has 7 rings (SSSR count). The van der Waals surface area contributed by atoms with E-state index >= 15 is 0 Å². The summed E-state index contributed by atoms with van der Waals surface area (Å²) in [5.41, 5.74) is 5.14. The Morgan fingerprint density at radius 1 is 0.481 bits per heavy atom. The Labute approximate surface area is 306 Å². The summed E-state index contributed by atoms with van der Waals surface area (Å²) in [6.45, 7) is 7.98. The third kappa shape index (κ3) is 7.69. The molecule has 52 heavy (non-hydrogen) atoms. The standard InChI is InChI=1S/C46H44O6/c1-29(2)49-39-21-13-11-19-35(39)43-27-31(25-41(51-43)33-15-7-5-8-16-33)23-37-45(47)38(46(37)48)24-32-26-42(34-17-9-6-10-18-34)52-44(28-32)36-20-12-14-22-40(36)50-30(3)4/h5-30,37-38,45-48H,1-4H3/b31-23+,32-24+. The van der Waals surface area contributed by atoms with Gasteiger partial charge in [-0.3, -0.25) is 0 Å². The van der Waals surface area contributed by atoms with Crippen LogP contribution >= 0.6 is 0 Å². The quantitative estimate of drug-likeness (QED) is 0.172. The summed E-state index contributed by atoms with van der Waals surface area (Å²) in [6.07, 6.45) is 10.0. The number of benzene rings is 4. The van der Waals surface area contributed by atoms with Crippen molar-refractivity contribution in [3.63, 3.8) is 0 Å². The molecule has 4 aromatic rings. The molecule has 2 N–H and O–H groups in total. The van der Waals surface area contributed by atoms with Gasteiger partial charge in [0.25, 0.3) is 0 Å². The highest BCUT2D eigenvalue weighted by molar-refractivity contribution is 5.81. The summed E-state index contributed by atoms with van der Waals surface area (Å²) in [4.78, 5) is 0. The van der Waals surface area contributed by atoms with Gasteiger partial charge in [-0.2, -0.15) is 0 Å². The van der Waals surface area contributed by atoms with Crippen LogP contribution in [0.3, 0.4) is 0 Å². The van der Waals surface area contributed by atoms with Crippen LogP contribution < -0.4 is 9.47 Å². The van der Waals surface area contributed by atoms with Gasteiger partial charge in [0.2, 0.25) is 0 Å². The number of aliphatic hydroxyl groups is 2. The predicted molar refractivity (Wildman–Crippen MR) is 207 cm³/mol. The lowest BCUT2D eigenvalue weighted by Crippen LogP contribution is -2.53. The van der Waals surface area contributed by atoms with E-state index in [1.165, 1.54) is 0 Å². The maximum Gasteiger partial charge on any atom is 0.138 e. The van der Waals surface area contributed by atoms with Crippen molar-refractivity contribution in [3.8, 4) is 11.5 Å². The van der Waals surface area contributed by atoms with E-state index in [9.17, 15) is 10.2 Å². The summed E-state index contributed by atoms with van der Waals surface area (Å²) in [7, 11) is 0. The second kappa shape index (κ2) is 15.4. The monoisotopic (exact) mass is 692 g/mol. The molecule has 264 valence electrons. The lowest BCUT2D eigenvalue weighted by molar-refractivity contribution is -0.110. The van der Waals surface area contributed by atoms with E-state index < -0.39 is 24.0 Å². The van der Waals surface area contributed by atoms with Crippen molar-refractivity contribution in [1.82, 2.24) is 0 Å². The van der Waals surface area contributed by atoms with Crippen LogP contribution in [-0.2, 0) is 9.47 Å². The highest BCUT2D eigenvalue weighted by atomic mass is 16.5. The van der Waals surface area contributed by atoms with Crippen molar-refractivity contribution in [1.29, 1.82) is 0 Å². The van der Waals surface area contributed by atoms with Crippen molar-refractivity contribution in [2.24, 2.45) is 11.8 Å². The molecule has 0 atom stereocenters. The van der Waals surface area contributed by atoms with Crippen LogP contribution in [0.15, 0.2) is 157 Å². The van der Waals surface area contributed by atoms with Crippen molar-refractivity contribution in [2.75, 3.05) is 0 Å². The molecular weight excluding hydrogens is 649 g/mol. The first kappa shape index (κ1) is 34.9. The number of rotatable bonds is 10. The maximum atomic E-state index is 11.6. The molecule has 6 nitrogen and oxygen atoms in total. The van der Waals surface area contributed by atoms with Crippen molar-refractivity contribution >= 4 is 23.0 Å². The van der Waals surface area contributed by atoms with Crippen LogP contribution in [0.1, 0.15) is 49.9 Å². The van der Waals surface area contributed by atoms with Crippen molar-refractivity contribution in [2.45, 2.75) is 52.1 Å². The van der Waals surface area contributed by atoms with Crippen LogP contribution in [0, 0.1) is 11.8 Å². The van der Waals surface area contributed by atoms with E-state index in [2.05, 4.69) is 0 Å². The molecule has 4 aromatic carbocycles. The highest BCUT2D eigenvalue weighted by Crippen LogP contribution is 2.43. The fraction of sp³-hybridized carbons (Fsp3) is 0.217. The molecule has 0 saturated heterocycles. The van der Waals surface area contributed by atoms with Gasteiger partial charge in [-0.1, -0.05) is 97.1 Å². The summed E-state index contributed by atoms with van der Waals surface area (Å²) < 4.78 is 25.2. The molecule has 6 heteroatoms. The molecule has 1 fully saturated rings. The van der Waals surface area contributed by atoms with E-state index in [4.69, 9.17) is 18.9 Å². The molecule has 2 heterocycles. The Morgan fingerprint density at radius 3 is 1.21 bits per heavy atom. The molecule has 2 aliphatic heterocycles. The van der Waals surface area contributed by atoms with Crippen LogP contribution in [-0.4, -0.2) is 34.6 Å². The first-order valence-corrected chi connectivity index (χ1v) is 17.9. The predicted octanol–water partition coefficient (Wildman–Crippen LogP) is 9.61. The van der Waals surface area contributed by atoms with Crippen LogP contribution in [0.2, 0.25) is 0 Å². The molecule has 0 radical (unpaired) electrons. The van der Waals surface area contributed by atoms with E-state index in [1.54, 1.807) is 0 Å². The lowest BCUT2D eigenvalue weighted by Gasteiger charge is -2.44.